The van der Waals surface area contributed by atoms with Gasteiger partial charge in [0, 0.05) is 0 Å². The molecule has 0 aromatic heterocycles. The van der Waals surface area contributed by atoms with Crippen LogP contribution < -0.4 is 0 Å². The number of hydrogen-bond donors (Lipinski definition) is 0. The van der Waals surface area contributed by atoms with E-state index in [1.807, 2.05) is 19.1 Å². The number of sulfone groups is 1. The van der Waals surface area contributed by atoms with Crippen LogP contribution in [-0.2, 0) is 16.3 Å². The molecule has 0 atom stereocenters. The fourth-order valence-electron chi connectivity index (χ4n) is 2.84. The molecule has 0 aliphatic rings. The van der Waals surface area contributed by atoms with Gasteiger partial charge in [-0.1, -0.05) is 71.3 Å². The van der Waals surface area contributed by atoms with Crippen LogP contribution in [0.25, 0.3) is 0 Å². The van der Waals surface area contributed by atoms with Gasteiger partial charge in [0.2, 0.25) is 0 Å². The summed E-state index contributed by atoms with van der Waals surface area (Å²) in [6.45, 7) is 6.27. The van der Waals surface area contributed by atoms with E-state index in [1.165, 1.54) is 16.7 Å². The molecule has 0 fully saturated rings. The van der Waals surface area contributed by atoms with Crippen molar-refractivity contribution in [1.29, 1.82) is 0 Å². The quantitative estimate of drug-likeness (QED) is 0.561. The van der Waals surface area contributed by atoms with E-state index in [9.17, 15) is 8.42 Å². The fourth-order valence-corrected chi connectivity index (χ4v) is 4.11. The number of benzene rings is 2. The molecule has 138 valence electrons. The van der Waals surface area contributed by atoms with Crippen LogP contribution >= 0.6 is 0 Å². The Kier molecular flexibility index (Phi) is 7.40. The molecule has 0 bridgehead atoms. The lowest BCUT2D eigenvalue weighted by Gasteiger charge is -2.05. The fraction of sp³-hybridized carbons (Fsp3) is 0.304. The second-order valence-corrected chi connectivity index (χ2v) is 8.93. The zero-order valence-electron chi connectivity index (χ0n) is 15.9. The van der Waals surface area contributed by atoms with Gasteiger partial charge in [-0.05, 0) is 57.7 Å². The van der Waals surface area contributed by atoms with Crippen molar-refractivity contribution in [3.63, 3.8) is 0 Å². The van der Waals surface area contributed by atoms with Gasteiger partial charge in [0.25, 0.3) is 0 Å². The smallest absolute Gasteiger partial charge is 0.181 e. The molecular formula is C23H28O2S. The van der Waals surface area contributed by atoms with Crippen LogP contribution in [0.1, 0.15) is 37.8 Å². The van der Waals surface area contributed by atoms with Crippen molar-refractivity contribution in [3.05, 3.63) is 89.0 Å². The van der Waals surface area contributed by atoms with Crippen LogP contribution in [0, 0.1) is 6.92 Å². The summed E-state index contributed by atoms with van der Waals surface area (Å²) in [5.74, 6) is 0.0643. The Balaban J connectivity index is 1.85. The molecule has 0 heterocycles. The second kappa shape index (κ2) is 9.54. The summed E-state index contributed by atoms with van der Waals surface area (Å²) in [6.07, 6.45) is 6.88. The first kappa shape index (κ1) is 20.2. The van der Waals surface area contributed by atoms with Gasteiger partial charge in [0.1, 0.15) is 0 Å². The minimum Gasteiger partial charge on any atom is -0.223 e. The summed E-state index contributed by atoms with van der Waals surface area (Å²) in [4.78, 5) is 0.387. The summed E-state index contributed by atoms with van der Waals surface area (Å²) in [7, 11) is -3.23. The first-order valence-electron chi connectivity index (χ1n) is 9.01. The second-order valence-electron chi connectivity index (χ2n) is 6.90. The molecule has 0 saturated heterocycles. The summed E-state index contributed by atoms with van der Waals surface area (Å²) in [5.41, 5.74) is 5.08. The van der Waals surface area contributed by atoms with Crippen molar-refractivity contribution in [1.82, 2.24) is 0 Å². The summed E-state index contributed by atoms with van der Waals surface area (Å²) in [5, 5.41) is 0. The average molecular weight is 369 g/mol. The highest BCUT2D eigenvalue weighted by Crippen LogP contribution is 2.14. The maximum absolute atomic E-state index is 12.3. The lowest BCUT2D eigenvalue weighted by molar-refractivity contribution is 0.599. The van der Waals surface area contributed by atoms with Crippen molar-refractivity contribution >= 4 is 9.84 Å². The van der Waals surface area contributed by atoms with Crippen molar-refractivity contribution < 1.29 is 8.42 Å². The molecule has 0 spiro atoms. The lowest BCUT2D eigenvalue weighted by atomic mass is 10.0. The van der Waals surface area contributed by atoms with Crippen LogP contribution in [0.15, 0.2) is 82.8 Å². The minimum absolute atomic E-state index is 0.0643. The monoisotopic (exact) mass is 368 g/mol. The van der Waals surface area contributed by atoms with Gasteiger partial charge in [-0.25, -0.2) is 8.42 Å². The molecule has 2 aromatic rings. The van der Waals surface area contributed by atoms with Gasteiger partial charge in [0.05, 0.1) is 10.6 Å². The Labute approximate surface area is 158 Å². The van der Waals surface area contributed by atoms with E-state index < -0.39 is 9.84 Å². The van der Waals surface area contributed by atoms with Gasteiger partial charge in [0.15, 0.2) is 9.84 Å². The number of hydrogen-bond acceptors (Lipinski definition) is 2. The van der Waals surface area contributed by atoms with Gasteiger partial charge in [-0.3, -0.25) is 0 Å². The van der Waals surface area contributed by atoms with Crippen molar-refractivity contribution in [2.75, 3.05) is 5.75 Å². The Morgan fingerprint density at radius 1 is 0.923 bits per heavy atom. The highest BCUT2D eigenvalue weighted by Gasteiger charge is 2.11. The van der Waals surface area contributed by atoms with Gasteiger partial charge < -0.3 is 0 Å². The van der Waals surface area contributed by atoms with E-state index in [0.717, 1.165) is 24.8 Å². The summed E-state index contributed by atoms with van der Waals surface area (Å²) >= 11 is 0. The highest BCUT2D eigenvalue weighted by molar-refractivity contribution is 7.91. The first-order valence-corrected chi connectivity index (χ1v) is 10.7. The topological polar surface area (TPSA) is 34.1 Å². The summed E-state index contributed by atoms with van der Waals surface area (Å²) in [6, 6.07) is 17.2. The molecule has 2 nitrogen and oxygen atoms in total. The molecule has 2 aromatic carbocycles. The van der Waals surface area contributed by atoms with Crippen molar-refractivity contribution in [3.8, 4) is 0 Å². The molecule has 0 radical (unpaired) electrons. The Morgan fingerprint density at radius 3 is 2.35 bits per heavy atom. The largest absolute Gasteiger partial charge is 0.223 e. The number of allylic oxidation sites excluding steroid dienone is 3. The molecule has 0 unspecified atom stereocenters. The third kappa shape index (κ3) is 6.64. The van der Waals surface area contributed by atoms with Gasteiger partial charge in [-0.2, -0.15) is 0 Å². The third-order valence-electron chi connectivity index (χ3n) is 4.35. The maximum atomic E-state index is 12.3. The SMILES string of the molecule is C/C(=C\CS(=O)(=O)c1ccccc1)CC/C=C(\C)Cc1cccc(C)c1. The number of rotatable bonds is 8. The Morgan fingerprint density at radius 2 is 1.65 bits per heavy atom. The maximum Gasteiger partial charge on any atom is 0.181 e. The van der Waals surface area contributed by atoms with E-state index in [-0.39, 0.29) is 5.75 Å². The predicted octanol–water partition coefficient (Wildman–Crippen LogP) is 5.68. The molecule has 0 aliphatic heterocycles. The van der Waals surface area contributed by atoms with Crippen LogP contribution in [-0.4, -0.2) is 14.2 Å². The zero-order valence-corrected chi connectivity index (χ0v) is 16.7. The molecule has 0 N–H and O–H groups in total. The minimum atomic E-state index is -3.23. The molecule has 2 rings (SSSR count). The van der Waals surface area contributed by atoms with E-state index in [1.54, 1.807) is 24.3 Å². The molecule has 0 saturated carbocycles. The van der Waals surface area contributed by atoms with Gasteiger partial charge >= 0.3 is 0 Å². The highest BCUT2D eigenvalue weighted by atomic mass is 32.2. The standard InChI is InChI=1S/C23H28O2S/c1-19(15-16-26(24,25)23-13-5-4-6-14-23)9-7-10-20(2)17-22-12-8-11-21(3)18-22/h4-6,8,10-15,18H,7,9,16-17H2,1-3H3/b19-15+,20-10+. The van der Waals surface area contributed by atoms with Crippen molar-refractivity contribution in [2.45, 2.75) is 44.9 Å². The molecular weight excluding hydrogens is 340 g/mol. The Bertz CT molecular complexity index is 875. The molecule has 0 amide bonds. The van der Waals surface area contributed by atoms with Crippen molar-refractivity contribution in [2.24, 2.45) is 0 Å². The zero-order chi connectivity index (χ0) is 19.0. The van der Waals surface area contributed by atoms with E-state index >= 15 is 0 Å². The lowest BCUT2D eigenvalue weighted by Crippen LogP contribution is -2.04. The van der Waals surface area contributed by atoms with Gasteiger partial charge in [-0.15, -0.1) is 0 Å². The molecule has 0 aliphatic carbocycles. The first-order chi connectivity index (χ1) is 12.4. The van der Waals surface area contributed by atoms with E-state index in [2.05, 4.69) is 44.2 Å². The van der Waals surface area contributed by atoms with Crippen LogP contribution in [0.5, 0.6) is 0 Å². The third-order valence-corrected chi connectivity index (χ3v) is 5.95. The molecule has 3 heteroatoms. The molecule has 26 heavy (non-hydrogen) atoms. The van der Waals surface area contributed by atoms with Crippen LogP contribution in [0.2, 0.25) is 0 Å². The average Bonchev–Trinajstić information content (AvgIpc) is 2.61. The van der Waals surface area contributed by atoms with Crippen LogP contribution in [0.4, 0.5) is 0 Å². The summed E-state index contributed by atoms with van der Waals surface area (Å²) < 4.78 is 24.6. The Hall–Kier alpha value is -2.13. The van der Waals surface area contributed by atoms with E-state index in [0.29, 0.717) is 4.90 Å². The van der Waals surface area contributed by atoms with Crippen LogP contribution in [0.3, 0.4) is 0 Å². The normalized spacial score (nSPS) is 13.0. The van der Waals surface area contributed by atoms with E-state index in [4.69, 9.17) is 0 Å². The predicted molar refractivity (Wildman–Crippen MR) is 110 cm³/mol. The number of aryl methyl sites for hydroxylation is 1.